The van der Waals surface area contributed by atoms with Gasteiger partial charge in [0.15, 0.2) is 0 Å². The van der Waals surface area contributed by atoms with Gasteiger partial charge in [-0.25, -0.2) is 9.59 Å². The van der Waals surface area contributed by atoms with Crippen molar-refractivity contribution in [3.05, 3.63) is 117 Å². The fourth-order valence-corrected chi connectivity index (χ4v) is 9.07. The summed E-state index contributed by atoms with van der Waals surface area (Å²) in [7, 11) is 0. The van der Waals surface area contributed by atoms with Crippen LogP contribution in [0.25, 0.3) is 43.9 Å². The highest BCUT2D eigenvalue weighted by Crippen LogP contribution is 2.28. The number of unbranched alkanes of at least 4 members (excludes halogenated alkanes) is 3. The van der Waals surface area contributed by atoms with Crippen molar-refractivity contribution >= 4 is 55.7 Å². The van der Waals surface area contributed by atoms with Crippen LogP contribution < -0.4 is 11.4 Å². The summed E-state index contributed by atoms with van der Waals surface area (Å²) >= 11 is 0. The number of likely N-dealkylation sites (tertiary alicyclic amines) is 2. The monoisotopic (exact) mass is 779 g/mol. The van der Waals surface area contributed by atoms with Crippen molar-refractivity contribution in [1.29, 1.82) is 0 Å². The molecule has 58 heavy (non-hydrogen) atoms. The number of imide groups is 1. The fourth-order valence-electron chi connectivity index (χ4n) is 9.07. The highest BCUT2D eigenvalue weighted by atomic mass is 16.2. The first kappa shape index (κ1) is 37.6. The summed E-state index contributed by atoms with van der Waals surface area (Å²) in [6.07, 6.45) is 11.3. The van der Waals surface area contributed by atoms with Gasteiger partial charge in [0.1, 0.15) is 11.3 Å². The van der Waals surface area contributed by atoms with Crippen LogP contribution in [0.3, 0.4) is 0 Å². The van der Waals surface area contributed by atoms with Gasteiger partial charge in [0.2, 0.25) is 0 Å². The summed E-state index contributed by atoms with van der Waals surface area (Å²) < 4.78 is 3.63. The lowest BCUT2D eigenvalue weighted by Gasteiger charge is -2.18. The quantitative estimate of drug-likeness (QED) is 0.112. The minimum Gasteiger partial charge on any atom is -0.339 e. The van der Waals surface area contributed by atoms with Crippen molar-refractivity contribution in [3.8, 4) is 0 Å². The average Bonchev–Trinajstić information content (AvgIpc) is 4.07. The molecule has 3 aliphatic heterocycles. The number of rotatable bonds is 11. The summed E-state index contributed by atoms with van der Waals surface area (Å²) in [5, 5.41) is 4.21. The number of aromatic nitrogens is 6. The molecule has 4 aromatic heterocycles. The Hall–Kier alpha value is -5.92. The third-order valence-corrected chi connectivity index (χ3v) is 12.2. The third kappa shape index (κ3) is 7.24. The Balaban J connectivity index is 0.000000160. The van der Waals surface area contributed by atoms with E-state index in [1.165, 1.54) is 24.2 Å². The van der Waals surface area contributed by atoms with E-state index < -0.39 is 0 Å². The molecule has 2 saturated heterocycles. The number of benzene rings is 3. The molecule has 0 radical (unpaired) electrons. The normalized spacial score (nSPS) is 18.6. The van der Waals surface area contributed by atoms with Gasteiger partial charge in [-0.15, -0.1) is 0 Å². The zero-order valence-corrected chi connectivity index (χ0v) is 32.9. The SMILES string of the molecule is CCCCCN1CCC(n2cc3c(nc2=O)[nH]c2ccccc23)C1.O=C1c2ccccc2C(=O)N1CCCCN1CCC(n2cc3c(nc2=O)[nH]c2ccccc23)C1. The van der Waals surface area contributed by atoms with Crippen LogP contribution in [0, 0.1) is 0 Å². The van der Waals surface area contributed by atoms with Gasteiger partial charge >= 0.3 is 11.4 Å². The smallest absolute Gasteiger partial charge is 0.339 e. The molecule has 3 aliphatic rings. The van der Waals surface area contributed by atoms with Gasteiger partial charge in [-0.1, -0.05) is 68.3 Å². The molecule has 0 bridgehead atoms. The molecule has 2 amide bonds. The van der Waals surface area contributed by atoms with Crippen molar-refractivity contribution in [2.45, 2.75) is 64.0 Å². The summed E-state index contributed by atoms with van der Waals surface area (Å²) in [5.74, 6) is -0.386. The molecule has 7 aromatic rings. The largest absolute Gasteiger partial charge is 0.349 e. The lowest BCUT2D eigenvalue weighted by molar-refractivity contribution is 0.0650. The van der Waals surface area contributed by atoms with E-state index in [2.05, 4.69) is 42.7 Å². The molecule has 0 spiro atoms. The fraction of sp³-hybridized carbons (Fsp3) is 0.378. The molecular formula is C45H49N9O4. The minimum absolute atomic E-state index is 0.0919. The maximum Gasteiger partial charge on any atom is 0.349 e. The Morgan fingerprint density at radius 2 is 1.02 bits per heavy atom. The zero-order valence-electron chi connectivity index (χ0n) is 32.9. The number of hydrogen-bond donors (Lipinski definition) is 2. The molecule has 10 rings (SSSR count). The standard InChI is InChI=1S/C26H25N5O3.C19H24N4O/c32-24-19-8-1-2-9-20(19)25(33)30(24)13-6-5-12-29-14-11-17(15-29)31-16-21-18-7-3-4-10-22(18)27-23(21)28-26(31)34;1-2-3-6-10-22-11-9-14(12-22)23-13-16-15-7-4-5-8-17(15)20-18(16)21-19(23)24/h1-4,7-10,16-17H,5-6,11-15H2,(H,27,28,34);4-5,7-8,13-14H,2-3,6,9-12H2,1H3,(H,20,21,24). The lowest BCUT2D eigenvalue weighted by atomic mass is 10.1. The van der Waals surface area contributed by atoms with E-state index in [0.717, 1.165) is 97.5 Å². The van der Waals surface area contributed by atoms with Crippen LogP contribution in [0.2, 0.25) is 0 Å². The number of amides is 2. The number of nitrogens with one attached hydrogen (secondary N) is 2. The van der Waals surface area contributed by atoms with Gasteiger partial charge in [0, 0.05) is 77.7 Å². The van der Waals surface area contributed by atoms with Crippen LogP contribution in [0.5, 0.6) is 0 Å². The Morgan fingerprint density at radius 1 is 0.569 bits per heavy atom. The average molecular weight is 780 g/mol. The van der Waals surface area contributed by atoms with E-state index >= 15 is 0 Å². The summed E-state index contributed by atoms with van der Waals surface area (Å²) in [6, 6.07) is 23.4. The predicted molar refractivity (Wildman–Crippen MR) is 226 cm³/mol. The molecule has 13 nitrogen and oxygen atoms in total. The van der Waals surface area contributed by atoms with Gasteiger partial charge in [-0.2, -0.15) is 9.97 Å². The number of nitrogens with zero attached hydrogens (tertiary/aromatic N) is 7. The summed E-state index contributed by atoms with van der Waals surface area (Å²) in [6.45, 7) is 8.42. The van der Waals surface area contributed by atoms with Crippen LogP contribution >= 0.6 is 0 Å². The van der Waals surface area contributed by atoms with E-state index in [9.17, 15) is 19.2 Å². The summed E-state index contributed by atoms with van der Waals surface area (Å²) in [5.41, 5.74) is 3.96. The molecule has 13 heteroatoms. The first-order valence-electron chi connectivity index (χ1n) is 20.8. The van der Waals surface area contributed by atoms with Crippen LogP contribution in [0.1, 0.15) is 84.7 Å². The van der Waals surface area contributed by atoms with Crippen LogP contribution in [0.4, 0.5) is 0 Å². The van der Waals surface area contributed by atoms with Crippen molar-refractivity contribution in [2.24, 2.45) is 0 Å². The van der Waals surface area contributed by atoms with Crippen molar-refractivity contribution in [2.75, 3.05) is 45.8 Å². The van der Waals surface area contributed by atoms with Gasteiger partial charge in [0.25, 0.3) is 11.8 Å². The molecule has 3 aromatic carbocycles. The maximum absolute atomic E-state index is 12.7. The topological polar surface area (TPSA) is 145 Å². The van der Waals surface area contributed by atoms with Crippen LogP contribution in [-0.4, -0.2) is 101 Å². The van der Waals surface area contributed by atoms with E-state index in [1.807, 2.05) is 59.4 Å². The molecule has 298 valence electrons. The third-order valence-electron chi connectivity index (χ3n) is 12.2. The molecule has 2 fully saturated rings. The predicted octanol–water partition coefficient (Wildman–Crippen LogP) is 6.52. The molecule has 2 N–H and O–H groups in total. The van der Waals surface area contributed by atoms with Gasteiger partial charge in [-0.05, 0) is 69.5 Å². The molecule has 2 unspecified atom stereocenters. The highest BCUT2D eigenvalue weighted by molar-refractivity contribution is 6.21. The van der Waals surface area contributed by atoms with Crippen molar-refractivity contribution < 1.29 is 9.59 Å². The maximum atomic E-state index is 12.7. The first-order valence-corrected chi connectivity index (χ1v) is 20.8. The Bertz CT molecular complexity index is 2730. The van der Waals surface area contributed by atoms with Crippen molar-refractivity contribution in [1.82, 2.24) is 43.8 Å². The second-order valence-electron chi connectivity index (χ2n) is 15.9. The Kier molecular flexibility index (Phi) is 10.5. The van der Waals surface area contributed by atoms with E-state index in [1.54, 1.807) is 28.8 Å². The second-order valence-corrected chi connectivity index (χ2v) is 15.9. The van der Waals surface area contributed by atoms with Gasteiger partial charge in [0.05, 0.1) is 23.2 Å². The van der Waals surface area contributed by atoms with Gasteiger partial charge < -0.3 is 19.8 Å². The molecular weight excluding hydrogens is 731 g/mol. The van der Waals surface area contributed by atoms with Crippen LogP contribution in [0.15, 0.2) is 94.8 Å². The number of carbonyl (C=O) groups excluding carboxylic acids is 2. The zero-order chi connectivity index (χ0) is 39.8. The molecule has 0 aliphatic carbocycles. The first-order chi connectivity index (χ1) is 28.4. The minimum atomic E-state index is -0.225. The van der Waals surface area contributed by atoms with Crippen LogP contribution in [-0.2, 0) is 0 Å². The van der Waals surface area contributed by atoms with Gasteiger partial charge in [-0.3, -0.25) is 23.6 Å². The number of hydrogen-bond acceptors (Lipinski definition) is 8. The molecule has 2 atom stereocenters. The van der Waals surface area contributed by atoms with Crippen molar-refractivity contribution in [3.63, 3.8) is 0 Å². The Morgan fingerprint density at radius 3 is 1.52 bits per heavy atom. The van der Waals surface area contributed by atoms with E-state index in [0.29, 0.717) is 29.0 Å². The number of fused-ring (bicyclic) bond motifs is 7. The van der Waals surface area contributed by atoms with E-state index in [4.69, 9.17) is 0 Å². The number of para-hydroxylation sites is 2. The Labute approximate surface area is 335 Å². The molecule has 7 heterocycles. The lowest BCUT2D eigenvalue weighted by Crippen LogP contribution is -2.32. The molecule has 0 saturated carbocycles. The highest BCUT2D eigenvalue weighted by Gasteiger charge is 2.34. The number of carbonyl (C=O) groups is 2. The summed E-state index contributed by atoms with van der Waals surface area (Å²) in [4.78, 5) is 71.4. The second kappa shape index (κ2) is 16.1. The number of H-pyrrole nitrogens is 2. The van der Waals surface area contributed by atoms with E-state index in [-0.39, 0.29) is 35.3 Å². The number of aromatic amines is 2.